The fourth-order valence-corrected chi connectivity index (χ4v) is 2.20. The van der Waals surface area contributed by atoms with E-state index in [1.807, 2.05) is 27.7 Å². The van der Waals surface area contributed by atoms with Crippen LogP contribution in [0.5, 0.6) is 0 Å². The van der Waals surface area contributed by atoms with E-state index >= 15 is 0 Å². The van der Waals surface area contributed by atoms with Crippen LogP contribution in [0.1, 0.15) is 47.0 Å². The number of carbonyl (C=O) groups excluding carboxylic acids is 2. The van der Waals surface area contributed by atoms with Crippen molar-refractivity contribution in [2.45, 2.75) is 47.0 Å². The molecule has 0 N–H and O–H groups in total. The number of hydrogen-bond donors (Lipinski definition) is 0. The van der Waals surface area contributed by atoms with Crippen LogP contribution in [0.25, 0.3) is 0 Å². The summed E-state index contributed by atoms with van der Waals surface area (Å²) in [5, 5.41) is 0. The lowest BCUT2D eigenvalue weighted by atomic mass is 10.0. The lowest BCUT2D eigenvalue weighted by Crippen LogP contribution is -2.32. The van der Waals surface area contributed by atoms with E-state index in [1.54, 1.807) is 9.80 Å². The van der Waals surface area contributed by atoms with Crippen LogP contribution in [0.2, 0.25) is 0 Å². The molecule has 0 aliphatic heterocycles. The van der Waals surface area contributed by atoms with E-state index in [1.165, 1.54) is 0 Å². The highest BCUT2D eigenvalue weighted by Crippen LogP contribution is 2.14. The van der Waals surface area contributed by atoms with Crippen LogP contribution < -0.4 is 0 Å². The fraction of sp³-hybridized carbons (Fsp3) is 0.647. The second kappa shape index (κ2) is 10.2. The largest absolute Gasteiger partial charge is 0.340 e. The summed E-state index contributed by atoms with van der Waals surface area (Å²) in [5.41, 5.74) is 1.23. The van der Waals surface area contributed by atoms with E-state index in [9.17, 15) is 9.59 Å². The molecule has 0 bridgehead atoms. The van der Waals surface area contributed by atoms with Gasteiger partial charge >= 0.3 is 0 Å². The lowest BCUT2D eigenvalue weighted by Gasteiger charge is -2.21. The number of rotatable bonds is 10. The zero-order valence-corrected chi connectivity index (χ0v) is 14.1. The highest BCUT2D eigenvalue weighted by Gasteiger charge is 2.15. The molecule has 0 saturated carbocycles. The third-order valence-corrected chi connectivity index (χ3v) is 3.66. The zero-order valence-electron chi connectivity index (χ0n) is 14.1. The summed E-state index contributed by atoms with van der Waals surface area (Å²) in [6.45, 7) is 18.3. The maximum Gasteiger partial charge on any atom is 0.249 e. The number of hydrogen-bond acceptors (Lipinski definition) is 2. The van der Waals surface area contributed by atoms with Crippen molar-refractivity contribution in [1.82, 2.24) is 9.80 Å². The van der Waals surface area contributed by atoms with Gasteiger partial charge in [-0.25, -0.2) is 0 Å². The van der Waals surface area contributed by atoms with E-state index in [2.05, 4.69) is 13.2 Å². The number of likely N-dealkylation sites (N-methyl/N-ethyl adjacent to an activating group) is 2. The topological polar surface area (TPSA) is 40.6 Å². The van der Waals surface area contributed by atoms with Crippen LogP contribution in [-0.4, -0.2) is 47.8 Å². The van der Waals surface area contributed by atoms with Crippen LogP contribution in [0.15, 0.2) is 24.3 Å². The van der Waals surface area contributed by atoms with Crippen molar-refractivity contribution in [2.24, 2.45) is 0 Å². The summed E-state index contributed by atoms with van der Waals surface area (Å²) < 4.78 is 0. The van der Waals surface area contributed by atoms with Gasteiger partial charge in [0.15, 0.2) is 0 Å². The Balaban J connectivity index is 4.25. The summed E-state index contributed by atoms with van der Waals surface area (Å²) in [4.78, 5) is 27.6. The molecule has 0 fully saturated rings. The first-order chi connectivity index (χ1) is 9.92. The summed E-state index contributed by atoms with van der Waals surface area (Å²) in [7, 11) is 0. The minimum absolute atomic E-state index is 0.0145. The smallest absolute Gasteiger partial charge is 0.249 e. The van der Waals surface area contributed by atoms with Gasteiger partial charge in [-0.3, -0.25) is 9.59 Å². The molecule has 0 atom stereocenters. The molecule has 0 aliphatic rings. The van der Waals surface area contributed by atoms with Crippen LogP contribution >= 0.6 is 0 Å². The molecule has 0 aromatic carbocycles. The fourth-order valence-electron chi connectivity index (χ4n) is 2.20. The maximum atomic E-state index is 12.0. The third-order valence-electron chi connectivity index (χ3n) is 3.66. The third kappa shape index (κ3) is 6.15. The second-order valence-corrected chi connectivity index (χ2v) is 5.02. The first-order valence-corrected chi connectivity index (χ1v) is 7.86. The number of nitrogens with zero attached hydrogens (tertiary/aromatic N) is 2. The second-order valence-electron chi connectivity index (χ2n) is 5.02. The van der Waals surface area contributed by atoms with E-state index in [0.29, 0.717) is 50.2 Å². The molecular formula is C17H30N2O2. The van der Waals surface area contributed by atoms with Gasteiger partial charge in [-0.15, -0.1) is 0 Å². The van der Waals surface area contributed by atoms with Gasteiger partial charge in [-0.05, 0) is 47.0 Å². The summed E-state index contributed by atoms with van der Waals surface area (Å²) >= 11 is 0. The van der Waals surface area contributed by atoms with Crippen LogP contribution in [0.4, 0.5) is 0 Å². The van der Waals surface area contributed by atoms with Crippen molar-refractivity contribution in [1.29, 1.82) is 0 Å². The average molecular weight is 294 g/mol. The van der Waals surface area contributed by atoms with E-state index in [0.717, 1.165) is 6.42 Å². The Bertz CT molecular complexity index is 344. The molecule has 0 heterocycles. The molecule has 0 unspecified atom stereocenters. The Labute approximate surface area is 129 Å². The first kappa shape index (κ1) is 19.4. The van der Waals surface area contributed by atoms with Crippen LogP contribution in [-0.2, 0) is 9.59 Å². The molecule has 0 saturated heterocycles. The molecule has 0 radical (unpaired) electrons. The minimum Gasteiger partial charge on any atom is -0.340 e. The summed E-state index contributed by atoms with van der Waals surface area (Å²) in [6.07, 6.45) is 1.96. The SMILES string of the molecule is C=C(CCCC(=C)C(=O)N(CC)CC)C(=O)N(CC)CC. The molecule has 0 rings (SSSR count). The first-order valence-electron chi connectivity index (χ1n) is 7.86. The van der Waals surface area contributed by atoms with Gasteiger partial charge in [0, 0.05) is 37.3 Å². The van der Waals surface area contributed by atoms with Crippen LogP contribution in [0.3, 0.4) is 0 Å². The van der Waals surface area contributed by atoms with Gasteiger partial charge in [-0.2, -0.15) is 0 Å². The highest BCUT2D eigenvalue weighted by molar-refractivity contribution is 5.93. The molecule has 4 nitrogen and oxygen atoms in total. The standard InChI is InChI=1S/C17H30N2O2/c1-7-18(8-2)16(20)14(5)12-11-13-15(6)17(21)19(9-3)10-4/h5-13H2,1-4H3. The molecule has 120 valence electrons. The minimum atomic E-state index is 0.0145. The molecule has 0 aromatic heterocycles. The molecule has 2 amide bonds. The normalized spacial score (nSPS) is 10.1. The number of carbonyl (C=O) groups is 2. The highest BCUT2D eigenvalue weighted by atomic mass is 16.2. The Kier molecular flexibility index (Phi) is 9.42. The monoisotopic (exact) mass is 294 g/mol. The van der Waals surface area contributed by atoms with Crippen molar-refractivity contribution >= 4 is 11.8 Å². The number of amides is 2. The quantitative estimate of drug-likeness (QED) is 0.581. The van der Waals surface area contributed by atoms with Crippen molar-refractivity contribution in [3.8, 4) is 0 Å². The van der Waals surface area contributed by atoms with E-state index < -0.39 is 0 Å². The van der Waals surface area contributed by atoms with Crippen molar-refractivity contribution in [3.63, 3.8) is 0 Å². The molecule has 4 heteroatoms. The lowest BCUT2D eigenvalue weighted by molar-refractivity contribution is -0.127. The molecule has 0 aromatic rings. The van der Waals surface area contributed by atoms with Crippen molar-refractivity contribution < 1.29 is 9.59 Å². The predicted octanol–water partition coefficient (Wildman–Crippen LogP) is 3.01. The van der Waals surface area contributed by atoms with Crippen molar-refractivity contribution in [3.05, 3.63) is 24.3 Å². The van der Waals surface area contributed by atoms with Gasteiger partial charge in [0.2, 0.25) is 11.8 Å². The van der Waals surface area contributed by atoms with Gasteiger partial charge in [0.1, 0.15) is 0 Å². The Morgan fingerprint density at radius 3 is 1.24 bits per heavy atom. The Morgan fingerprint density at radius 1 is 0.714 bits per heavy atom. The molecular weight excluding hydrogens is 264 g/mol. The van der Waals surface area contributed by atoms with Gasteiger partial charge < -0.3 is 9.80 Å². The predicted molar refractivity (Wildman–Crippen MR) is 88.0 cm³/mol. The van der Waals surface area contributed by atoms with Gasteiger partial charge in [-0.1, -0.05) is 13.2 Å². The van der Waals surface area contributed by atoms with Gasteiger partial charge in [0.05, 0.1) is 0 Å². The zero-order chi connectivity index (χ0) is 16.4. The Hall–Kier alpha value is -1.58. The molecule has 0 spiro atoms. The van der Waals surface area contributed by atoms with E-state index in [-0.39, 0.29) is 11.8 Å². The Morgan fingerprint density at radius 2 is 1.00 bits per heavy atom. The molecule has 0 aliphatic carbocycles. The van der Waals surface area contributed by atoms with Crippen LogP contribution in [0, 0.1) is 0 Å². The molecule has 21 heavy (non-hydrogen) atoms. The summed E-state index contributed by atoms with van der Waals surface area (Å²) in [5.74, 6) is 0.0290. The average Bonchev–Trinajstić information content (AvgIpc) is 2.49. The summed E-state index contributed by atoms with van der Waals surface area (Å²) in [6, 6.07) is 0. The van der Waals surface area contributed by atoms with E-state index in [4.69, 9.17) is 0 Å². The van der Waals surface area contributed by atoms with Gasteiger partial charge in [0.25, 0.3) is 0 Å². The maximum absolute atomic E-state index is 12.0. The van der Waals surface area contributed by atoms with Crippen molar-refractivity contribution in [2.75, 3.05) is 26.2 Å².